The maximum atomic E-state index is 12.3. The molecule has 0 radical (unpaired) electrons. The highest BCUT2D eigenvalue weighted by molar-refractivity contribution is 6.35. The number of carbonyl (C=O) groups excluding carboxylic acids is 1. The number of carbonyl (C=O) groups is 2. The van der Waals surface area contributed by atoms with E-state index in [1.807, 2.05) is 0 Å². The second kappa shape index (κ2) is 7.14. The maximum absolute atomic E-state index is 12.3. The third-order valence-corrected chi connectivity index (χ3v) is 4.41. The van der Waals surface area contributed by atoms with Gasteiger partial charge >= 0.3 is 5.97 Å². The molecule has 1 aromatic rings. The van der Waals surface area contributed by atoms with Crippen molar-refractivity contribution in [2.45, 2.75) is 38.1 Å². The average Bonchev–Trinajstić information content (AvgIpc) is 2.47. The minimum atomic E-state index is -1.01. The van der Waals surface area contributed by atoms with E-state index in [9.17, 15) is 14.7 Å². The highest BCUT2D eigenvalue weighted by atomic mass is 35.5. The molecule has 1 fully saturated rings. The quantitative estimate of drug-likeness (QED) is 0.883. The molecule has 114 valence electrons. The van der Waals surface area contributed by atoms with Crippen LogP contribution in [0.15, 0.2) is 18.2 Å². The van der Waals surface area contributed by atoms with Gasteiger partial charge in [0.2, 0.25) is 0 Å². The molecule has 1 saturated carbocycles. The molecule has 0 saturated heterocycles. The molecule has 0 unspecified atom stereocenters. The Morgan fingerprint density at radius 2 is 1.86 bits per heavy atom. The van der Waals surface area contributed by atoms with Gasteiger partial charge in [0.25, 0.3) is 5.91 Å². The lowest BCUT2D eigenvalue weighted by Gasteiger charge is -2.28. The fourth-order valence-electron chi connectivity index (χ4n) is 2.74. The molecule has 1 amide bonds. The molecular formula is C15H17Cl2NO3. The Kier molecular flexibility index (Phi) is 5.48. The lowest BCUT2D eigenvalue weighted by Crippen LogP contribution is -2.46. The number of rotatable bonds is 4. The Bertz CT molecular complexity index is 542. The predicted octanol–water partition coefficient (Wildman–Crippen LogP) is 3.76. The van der Waals surface area contributed by atoms with Crippen molar-refractivity contribution in [2.24, 2.45) is 5.92 Å². The first-order valence-corrected chi connectivity index (χ1v) is 7.73. The number of carboxylic acid groups (broad SMARTS) is 1. The normalized spacial score (nSPS) is 17.2. The molecule has 1 aliphatic rings. The van der Waals surface area contributed by atoms with Crippen molar-refractivity contribution in [3.8, 4) is 0 Å². The van der Waals surface area contributed by atoms with Gasteiger partial charge in [-0.1, -0.05) is 42.5 Å². The second-order valence-corrected chi connectivity index (χ2v) is 6.16. The summed E-state index contributed by atoms with van der Waals surface area (Å²) in [5, 5.41) is 12.6. The van der Waals surface area contributed by atoms with Gasteiger partial charge in [0.05, 0.1) is 10.6 Å². The first-order chi connectivity index (χ1) is 9.99. The summed E-state index contributed by atoms with van der Waals surface area (Å²) in [6.07, 6.45) is 4.77. The molecule has 21 heavy (non-hydrogen) atoms. The number of hydrogen-bond acceptors (Lipinski definition) is 2. The van der Waals surface area contributed by atoms with Crippen LogP contribution in [0.4, 0.5) is 0 Å². The van der Waals surface area contributed by atoms with Crippen LogP contribution >= 0.6 is 23.2 Å². The number of carboxylic acids is 1. The van der Waals surface area contributed by atoms with Crippen molar-refractivity contribution in [2.75, 3.05) is 0 Å². The van der Waals surface area contributed by atoms with E-state index < -0.39 is 17.9 Å². The topological polar surface area (TPSA) is 66.4 Å². The molecule has 2 rings (SSSR count). The molecule has 6 heteroatoms. The standard InChI is InChI=1S/C15H17Cl2NO3/c16-10-6-7-12(17)11(8-10)14(19)18-13(15(20)21)9-4-2-1-3-5-9/h6-9,13H,1-5H2,(H,18,19)(H,20,21)/t13-/m1/s1. The lowest BCUT2D eigenvalue weighted by molar-refractivity contribution is -0.141. The summed E-state index contributed by atoms with van der Waals surface area (Å²) in [6.45, 7) is 0. The highest BCUT2D eigenvalue weighted by Crippen LogP contribution is 2.27. The molecule has 1 atom stereocenters. The Morgan fingerprint density at radius 3 is 2.48 bits per heavy atom. The lowest BCUT2D eigenvalue weighted by atomic mass is 9.84. The molecule has 0 aliphatic heterocycles. The van der Waals surface area contributed by atoms with Crippen molar-refractivity contribution in [3.05, 3.63) is 33.8 Å². The van der Waals surface area contributed by atoms with Crippen LogP contribution in [-0.2, 0) is 4.79 Å². The highest BCUT2D eigenvalue weighted by Gasteiger charge is 2.31. The zero-order valence-electron chi connectivity index (χ0n) is 11.4. The summed E-state index contributed by atoms with van der Waals surface area (Å²) in [7, 11) is 0. The summed E-state index contributed by atoms with van der Waals surface area (Å²) >= 11 is 11.8. The van der Waals surface area contributed by atoms with Crippen LogP contribution in [0.25, 0.3) is 0 Å². The van der Waals surface area contributed by atoms with Gasteiger partial charge in [0, 0.05) is 5.02 Å². The zero-order valence-corrected chi connectivity index (χ0v) is 13.0. The molecule has 0 bridgehead atoms. The van der Waals surface area contributed by atoms with E-state index in [1.54, 1.807) is 6.07 Å². The first-order valence-electron chi connectivity index (χ1n) is 6.98. The fourth-order valence-corrected chi connectivity index (χ4v) is 3.11. The molecule has 1 aliphatic carbocycles. The number of halogens is 2. The minimum absolute atomic E-state index is 0.0295. The number of benzene rings is 1. The van der Waals surface area contributed by atoms with Gasteiger partial charge in [-0.15, -0.1) is 0 Å². The van der Waals surface area contributed by atoms with Crippen LogP contribution in [0.5, 0.6) is 0 Å². The van der Waals surface area contributed by atoms with Gasteiger partial charge in [0.1, 0.15) is 6.04 Å². The van der Waals surface area contributed by atoms with Crippen LogP contribution in [0.1, 0.15) is 42.5 Å². The van der Waals surface area contributed by atoms with Crippen molar-refractivity contribution < 1.29 is 14.7 Å². The molecular weight excluding hydrogens is 313 g/mol. The van der Waals surface area contributed by atoms with Gasteiger partial charge in [0.15, 0.2) is 0 Å². The van der Waals surface area contributed by atoms with Crippen LogP contribution in [0.3, 0.4) is 0 Å². The number of amides is 1. The van der Waals surface area contributed by atoms with Crippen molar-refractivity contribution in [1.82, 2.24) is 5.32 Å². The van der Waals surface area contributed by atoms with E-state index in [0.717, 1.165) is 32.1 Å². The van der Waals surface area contributed by atoms with Gasteiger partial charge in [-0.05, 0) is 37.0 Å². The van der Waals surface area contributed by atoms with Gasteiger partial charge in [-0.25, -0.2) is 4.79 Å². The maximum Gasteiger partial charge on any atom is 0.326 e. The van der Waals surface area contributed by atoms with Crippen molar-refractivity contribution in [3.63, 3.8) is 0 Å². The predicted molar refractivity (Wildman–Crippen MR) is 81.9 cm³/mol. The van der Waals surface area contributed by atoms with E-state index in [1.165, 1.54) is 12.1 Å². The summed E-state index contributed by atoms with van der Waals surface area (Å²) < 4.78 is 0. The third-order valence-electron chi connectivity index (χ3n) is 3.85. The number of nitrogens with one attached hydrogen (secondary N) is 1. The Labute approximate surface area is 133 Å². The second-order valence-electron chi connectivity index (χ2n) is 5.31. The smallest absolute Gasteiger partial charge is 0.326 e. The summed E-state index contributed by atoms with van der Waals surface area (Å²) in [5.74, 6) is -1.54. The molecule has 1 aromatic carbocycles. The summed E-state index contributed by atoms with van der Waals surface area (Å²) in [4.78, 5) is 23.7. The monoisotopic (exact) mass is 329 g/mol. The molecule has 0 heterocycles. The van der Waals surface area contributed by atoms with E-state index in [0.29, 0.717) is 5.02 Å². The van der Waals surface area contributed by atoms with Crippen molar-refractivity contribution in [1.29, 1.82) is 0 Å². The van der Waals surface area contributed by atoms with Gasteiger partial charge < -0.3 is 10.4 Å². The van der Waals surface area contributed by atoms with E-state index in [-0.39, 0.29) is 16.5 Å². The minimum Gasteiger partial charge on any atom is -0.480 e. The van der Waals surface area contributed by atoms with Crippen LogP contribution < -0.4 is 5.32 Å². The van der Waals surface area contributed by atoms with Gasteiger partial charge in [-0.2, -0.15) is 0 Å². The molecule has 2 N–H and O–H groups in total. The van der Waals surface area contributed by atoms with Crippen LogP contribution in [0, 0.1) is 5.92 Å². The summed E-state index contributed by atoms with van der Waals surface area (Å²) in [6, 6.07) is 3.66. The largest absolute Gasteiger partial charge is 0.480 e. The number of aliphatic carboxylic acids is 1. The molecule has 0 aromatic heterocycles. The van der Waals surface area contributed by atoms with Gasteiger partial charge in [-0.3, -0.25) is 4.79 Å². The van der Waals surface area contributed by atoms with Crippen LogP contribution in [0.2, 0.25) is 10.0 Å². The van der Waals surface area contributed by atoms with E-state index in [2.05, 4.69) is 5.32 Å². The number of hydrogen-bond donors (Lipinski definition) is 2. The Morgan fingerprint density at radius 1 is 1.19 bits per heavy atom. The molecule has 4 nitrogen and oxygen atoms in total. The first kappa shape index (κ1) is 16.1. The van der Waals surface area contributed by atoms with Crippen molar-refractivity contribution >= 4 is 35.1 Å². The Balaban J connectivity index is 2.14. The third kappa shape index (κ3) is 4.11. The Hall–Kier alpha value is -1.26. The fraction of sp³-hybridized carbons (Fsp3) is 0.467. The van der Waals surface area contributed by atoms with E-state index >= 15 is 0 Å². The van der Waals surface area contributed by atoms with E-state index in [4.69, 9.17) is 23.2 Å². The summed E-state index contributed by atoms with van der Waals surface area (Å²) in [5.41, 5.74) is 0.200. The SMILES string of the molecule is O=C(N[C@@H](C(=O)O)C1CCCCC1)c1cc(Cl)ccc1Cl. The average molecular weight is 330 g/mol. The molecule has 0 spiro atoms. The zero-order chi connectivity index (χ0) is 15.4. The van der Waals surface area contributed by atoms with Crippen LogP contribution in [-0.4, -0.2) is 23.0 Å².